The van der Waals surface area contributed by atoms with Gasteiger partial charge in [0.25, 0.3) is 5.91 Å². The van der Waals surface area contributed by atoms with Gasteiger partial charge in [0.2, 0.25) is 0 Å². The number of aromatic nitrogens is 2. The summed E-state index contributed by atoms with van der Waals surface area (Å²) in [6, 6.07) is 10.9. The lowest BCUT2D eigenvalue weighted by Gasteiger charge is -2.32. The Bertz CT molecular complexity index is 1030. The lowest BCUT2D eigenvalue weighted by Crippen LogP contribution is -2.38. The number of nitrogens with zero attached hydrogens (tertiary/aromatic N) is 3. The van der Waals surface area contributed by atoms with E-state index in [2.05, 4.69) is 9.97 Å². The van der Waals surface area contributed by atoms with Crippen LogP contribution in [0.5, 0.6) is 5.75 Å². The van der Waals surface area contributed by atoms with Crippen molar-refractivity contribution >= 4 is 34.1 Å². The van der Waals surface area contributed by atoms with Crippen LogP contribution in [0.3, 0.4) is 0 Å². The van der Waals surface area contributed by atoms with Crippen LogP contribution in [0.4, 0.5) is 5.69 Å². The number of nitrogens with two attached hydrogens (primary N) is 1. The highest BCUT2D eigenvalue weighted by Crippen LogP contribution is 2.33. The molecule has 0 spiro atoms. The molecule has 1 saturated heterocycles. The van der Waals surface area contributed by atoms with E-state index in [4.69, 9.17) is 22.1 Å². The maximum absolute atomic E-state index is 12.8. The van der Waals surface area contributed by atoms with E-state index in [0.717, 1.165) is 35.2 Å². The van der Waals surface area contributed by atoms with Gasteiger partial charge in [0.1, 0.15) is 12.1 Å². The Morgan fingerprint density at radius 2 is 1.96 bits per heavy atom. The molecule has 4 rings (SSSR count). The van der Waals surface area contributed by atoms with Crippen molar-refractivity contribution < 1.29 is 9.53 Å². The fourth-order valence-electron chi connectivity index (χ4n) is 3.76. The minimum absolute atomic E-state index is 0.0510. The van der Waals surface area contributed by atoms with E-state index in [1.54, 1.807) is 31.6 Å². The van der Waals surface area contributed by atoms with Crippen molar-refractivity contribution in [3.8, 4) is 5.75 Å². The molecule has 28 heavy (non-hydrogen) atoms. The van der Waals surface area contributed by atoms with Crippen LogP contribution >= 0.6 is 11.6 Å². The maximum Gasteiger partial charge on any atom is 0.255 e. The summed E-state index contributed by atoms with van der Waals surface area (Å²) in [5.41, 5.74) is 8.79. The van der Waals surface area contributed by atoms with Crippen LogP contribution in [0, 0.1) is 0 Å². The molecule has 0 radical (unpaired) electrons. The Morgan fingerprint density at radius 3 is 2.68 bits per heavy atom. The molecular weight excluding hydrogens is 376 g/mol. The van der Waals surface area contributed by atoms with Crippen LogP contribution in [-0.4, -0.2) is 41.0 Å². The molecule has 7 heteroatoms. The first kappa shape index (κ1) is 18.5. The first-order valence-corrected chi connectivity index (χ1v) is 9.57. The molecule has 0 atom stereocenters. The van der Waals surface area contributed by atoms with Gasteiger partial charge in [-0.15, -0.1) is 0 Å². The quantitative estimate of drug-likeness (QED) is 0.679. The predicted molar refractivity (Wildman–Crippen MR) is 110 cm³/mol. The smallest absolute Gasteiger partial charge is 0.255 e. The predicted octanol–water partition coefficient (Wildman–Crippen LogP) is 3.89. The van der Waals surface area contributed by atoms with Crippen LogP contribution in [0.1, 0.15) is 34.8 Å². The number of piperidine rings is 1. The third-order valence-corrected chi connectivity index (χ3v) is 5.52. The van der Waals surface area contributed by atoms with Gasteiger partial charge in [-0.3, -0.25) is 4.79 Å². The van der Waals surface area contributed by atoms with Crippen molar-refractivity contribution in [3.63, 3.8) is 0 Å². The Labute approximate surface area is 168 Å². The number of anilines is 1. The number of amides is 1. The molecule has 2 aromatic carbocycles. The van der Waals surface area contributed by atoms with Crippen LogP contribution in [0.25, 0.3) is 10.9 Å². The number of hydrogen-bond donors (Lipinski definition) is 1. The first-order chi connectivity index (χ1) is 13.6. The van der Waals surface area contributed by atoms with E-state index in [1.807, 2.05) is 23.1 Å². The van der Waals surface area contributed by atoms with E-state index in [0.29, 0.717) is 29.4 Å². The number of hydrogen-bond acceptors (Lipinski definition) is 5. The summed E-state index contributed by atoms with van der Waals surface area (Å²) in [5, 5.41) is 1.56. The molecule has 6 nitrogen and oxygen atoms in total. The summed E-state index contributed by atoms with van der Waals surface area (Å²) in [5.74, 6) is 1.01. The number of carbonyl (C=O) groups excluding carboxylic acids is 1. The molecular formula is C21H21ClN4O2. The van der Waals surface area contributed by atoms with Gasteiger partial charge < -0.3 is 15.4 Å². The average molecular weight is 397 g/mol. The molecule has 1 aromatic heterocycles. The van der Waals surface area contributed by atoms with Gasteiger partial charge in [-0.1, -0.05) is 11.6 Å². The number of fused-ring (bicyclic) bond motifs is 1. The average Bonchev–Trinajstić information content (AvgIpc) is 2.72. The SMILES string of the molecule is COc1ccc2c(C3CCN(C(=O)c4ccc(Cl)cc4N)CC3)ncnc2c1. The van der Waals surface area contributed by atoms with Gasteiger partial charge >= 0.3 is 0 Å². The molecule has 0 bridgehead atoms. The molecule has 1 fully saturated rings. The maximum atomic E-state index is 12.8. The van der Waals surface area contributed by atoms with Gasteiger partial charge in [0.15, 0.2) is 0 Å². The van der Waals surface area contributed by atoms with Crippen molar-refractivity contribution in [2.24, 2.45) is 0 Å². The second-order valence-corrected chi connectivity index (χ2v) is 7.38. The van der Waals surface area contributed by atoms with Gasteiger partial charge in [-0.25, -0.2) is 9.97 Å². The summed E-state index contributed by atoms with van der Waals surface area (Å²) in [7, 11) is 1.64. The lowest BCUT2D eigenvalue weighted by molar-refractivity contribution is 0.0713. The Hall–Kier alpha value is -2.86. The monoisotopic (exact) mass is 396 g/mol. The first-order valence-electron chi connectivity index (χ1n) is 9.20. The number of nitrogen functional groups attached to an aromatic ring is 1. The number of likely N-dealkylation sites (tertiary alicyclic amines) is 1. The second kappa shape index (κ2) is 7.64. The number of rotatable bonds is 3. The summed E-state index contributed by atoms with van der Waals surface area (Å²) >= 11 is 5.94. The molecule has 0 unspecified atom stereocenters. The molecule has 2 N–H and O–H groups in total. The minimum Gasteiger partial charge on any atom is -0.497 e. The third-order valence-electron chi connectivity index (χ3n) is 5.29. The summed E-state index contributed by atoms with van der Waals surface area (Å²) in [4.78, 5) is 23.6. The fourth-order valence-corrected chi connectivity index (χ4v) is 3.95. The summed E-state index contributed by atoms with van der Waals surface area (Å²) in [6.45, 7) is 1.32. The Kier molecular flexibility index (Phi) is 5.05. The largest absolute Gasteiger partial charge is 0.497 e. The Morgan fingerprint density at radius 1 is 1.18 bits per heavy atom. The van der Waals surface area contributed by atoms with Crippen molar-refractivity contribution in [2.45, 2.75) is 18.8 Å². The van der Waals surface area contributed by atoms with Crippen molar-refractivity contribution in [2.75, 3.05) is 25.9 Å². The molecule has 3 aromatic rings. The molecule has 2 heterocycles. The fraction of sp³-hybridized carbons (Fsp3) is 0.286. The second-order valence-electron chi connectivity index (χ2n) is 6.94. The molecule has 0 saturated carbocycles. The molecule has 144 valence electrons. The highest BCUT2D eigenvalue weighted by molar-refractivity contribution is 6.31. The number of benzene rings is 2. The molecule has 0 aliphatic carbocycles. The van der Waals surface area contributed by atoms with Crippen molar-refractivity contribution in [1.29, 1.82) is 0 Å². The number of methoxy groups -OCH3 is 1. The van der Waals surface area contributed by atoms with E-state index < -0.39 is 0 Å². The van der Waals surface area contributed by atoms with E-state index >= 15 is 0 Å². The molecule has 1 aliphatic heterocycles. The third kappa shape index (κ3) is 3.47. The van der Waals surface area contributed by atoms with Crippen LogP contribution in [0.15, 0.2) is 42.7 Å². The number of ether oxygens (including phenoxy) is 1. The van der Waals surface area contributed by atoms with E-state index in [-0.39, 0.29) is 11.8 Å². The number of carbonyl (C=O) groups is 1. The topological polar surface area (TPSA) is 81.3 Å². The van der Waals surface area contributed by atoms with Gasteiger partial charge in [-0.2, -0.15) is 0 Å². The Balaban J connectivity index is 1.51. The van der Waals surface area contributed by atoms with Crippen LogP contribution in [-0.2, 0) is 0 Å². The van der Waals surface area contributed by atoms with Gasteiger partial charge in [0, 0.05) is 41.2 Å². The molecule has 1 aliphatic rings. The zero-order chi connectivity index (χ0) is 19.7. The van der Waals surface area contributed by atoms with Gasteiger partial charge in [0.05, 0.1) is 23.9 Å². The zero-order valence-corrected chi connectivity index (χ0v) is 16.3. The number of halogens is 1. The summed E-state index contributed by atoms with van der Waals surface area (Å²) < 4.78 is 5.28. The minimum atomic E-state index is -0.0510. The normalized spacial score (nSPS) is 15.0. The zero-order valence-electron chi connectivity index (χ0n) is 15.6. The highest BCUT2D eigenvalue weighted by atomic mass is 35.5. The van der Waals surface area contributed by atoms with Crippen molar-refractivity contribution in [1.82, 2.24) is 14.9 Å². The summed E-state index contributed by atoms with van der Waals surface area (Å²) in [6.07, 6.45) is 3.29. The standard InChI is InChI=1S/C21H21ClN4O2/c1-28-15-3-5-17-19(11-15)24-12-25-20(17)13-6-8-26(9-7-13)21(27)16-4-2-14(22)10-18(16)23/h2-5,10-13H,6-9,23H2,1H3. The van der Waals surface area contributed by atoms with Crippen LogP contribution in [0.2, 0.25) is 5.02 Å². The van der Waals surface area contributed by atoms with E-state index in [9.17, 15) is 4.79 Å². The lowest BCUT2D eigenvalue weighted by atomic mass is 9.90. The van der Waals surface area contributed by atoms with E-state index in [1.165, 1.54) is 0 Å². The molecule has 1 amide bonds. The van der Waals surface area contributed by atoms with Crippen molar-refractivity contribution in [3.05, 3.63) is 59.0 Å². The van der Waals surface area contributed by atoms with Crippen LogP contribution < -0.4 is 10.5 Å². The van der Waals surface area contributed by atoms with Gasteiger partial charge in [-0.05, 0) is 43.2 Å². The highest BCUT2D eigenvalue weighted by Gasteiger charge is 2.27.